The van der Waals surface area contributed by atoms with Gasteiger partial charge in [0.15, 0.2) is 0 Å². The molecule has 108 valence electrons. The number of rotatable bonds is 2. The minimum Gasteiger partial charge on any atom is -0.351 e. The third-order valence-electron chi connectivity index (χ3n) is 3.50. The summed E-state index contributed by atoms with van der Waals surface area (Å²) < 4.78 is 4.81. The van der Waals surface area contributed by atoms with Crippen LogP contribution in [0.4, 0.5) is 0 Å². The van der Waals surface area contributed by atoms with E-state index in [1.54, 1.807) is 13.0 Å². The number of aromatic nitrogens is 1. The van der Waals surface area contributed by atoms with E-state index < -0.39 is 5.91 Å². The third kappa shape index (κ3) is 2.79. The molecular weight excluding hydrogens is 270 g/mol. The standard InChI is InChI=1S/C15H15N3O3/c1-9-7-13(21-18-9)15(20)17-16-14(19)12-6-5-10-3-2-4-11(10)8-12/h5-8H,2-4H2,1H3,(H,16,19)(H,17,20). The molecule has 0 saturated carbocycles. The molecule has 0 radical (unpaired) electrons. The van der Waals surface area contributed by atoms with Crippen LogP contribution in [0, 0.1) is 6.92 Å². The van der Waals surface area contributed by atoms with Gasteiger partial charge < -0.3 is 4.52 Å². The van der Waals surface area contributed by atoms with Gasteiger partial charge in [0, 0.05) is 11.6 Å². The van der Waals surface area contributed by atoms with Gasteiger partial charge in [-0.25, -0.2) is 0 Å². The Morgan fingerprint density at radius 3 is 2.62 bits per heavy atom. The van der Waals surface area contributed by atoms with Gasteiger partial charge in [0.1, 0.15) is 0 Å². The van der Waals surface area contributed by atoms with Crippen LogP contribution < -0.4 is 10.9 Å². The van der Waals surface area contributed by atoms with Crippen molar-refractivity contribution in [1.82, 2.24) is 16.0 Å². The second-order valence-electron chi connectivity index (χ2n) is 5.08. The molecule has 0 atom stereocenters. The topological polar surface area (TPSA) is 84.2 Å². The highest BCUT2D eigenvalue weighted by Crippen LogP contribution is 2.22. The average molecular weight is 285 g/mol. The first kappa shape index (κ1) is 13.4. The molecule has 3 rings (SSSR count). The van der Waals surface area contributed by atoms with E-state index in [1.165, 1.54) is 17.2 Å². The summed E-state index contributed by atoms with van der Waals surface area (Å²) in [7, 11) is 0. The number of fused-ring (bicyclic) bond motifs is 1. The number of carbonyl (C=O) groups excluding carboxylic acids is 2. The highest BCUT2D eigenvalue weighted by atomic mass is 16.5. The maximum absolute atomic E-state index is 12.0. The van der Waals surface area contributed by atoms with Gasteiger partial charge in [-0.1, -0.05) is 11.2 Å². The average Bonchev–Trinajstić information content (AvgIpc) is 3.12. The number of carbonyl (C=O) groups is 2. The summed E-state index contributed by atoms with van der Waals surface area (Å²) in [6, 6.07) is 7.11. The number of hydrogen-bond donors (Lipinski definition) is 2. The van der Waals surface area contributed by atoms with E-state index in [2.05, 4.69) is 16.0 Å². The van der Waals surface area contributed by atoms with Gasteiger partial charge in [0.25, 0.3) is 5.91 Å². The van der Waals surface area contributed by atoms with E-state index >= 15 is 0 Å². The highest BCUT2D eigenvalue weighted by molar-refractivity contribution is 5.98. The van der Waals surface area contributed by atoms with E-state index in [9.17, 15) is 9.59 Å². The lowest BCUT2D eigenvalue weighted by Crippen LogP contribution is -2.41. The summed E-state index contributed by atoms with van der Waals surface area (Å²) in [5.41, 5.74) is 8.32. The second kappa shape index (κ2) is 5.40. The Morgan fingerprint density at radius 2 is 1.86 bits per heavy atom. The van der Waals surface area contributed by atoms with Gasteiger partial charge in [0.05, 0.1) is 5.69 Å². The van der Waals surface area contributed by atoms with Crippen molar-refractivity contribution in [3.8, 4) is 0 Å². The minimum atomic E-state index is -0.537. The van der Waals surface area contributed by atoms with Gasteiger partial charge in [-0.2, -0.15) is 0 Å². The number of hydrazine groups is 1. The molecule has 2 N–H and O–H groups in total. The fourth-order valence-electron chi connectivity index (χ4n) is 2.43. The molecule has 0 fully saturated rings. The summed E-state index contributed by atoms with van der Waals surface area (Å²) >= 11 is 0. The molecule has 6 heteroatoms. The van der Waals surface area contributed by atoms with E-state index in [4.69, 9.17) is 4.52 Å². The van der Waals surface area contributed by atoms with E-state index in [0.29, 0.717) is 11.3 Å². The number of aryl methyl sites for hydroxylation is 3. The van der Waals surface area contributed by atoms with Crippen LogP contribution in [0.3, 0.4) is 0 Å². The van der Waals surface area contributed by atoms with Crippen LogP contribution in [0.5, 0.6) is 0 Å². The van der Waals surface area contributed by atoms with Crippen LogP contribution in [0.1, 0.15) is 44.2 Å². The molecule has 1 aliphatic carbocycles. The molecule has 0 unspecified atom stereocenters. The van der Waals surface area contributed by atoms with Gasteiger partial charge in [-0.05, 0) is 49.4 Å². The van der Waals surface area contributed by atoms with E-state index in [-0.39, 0.29) is 11.7 Å². The number of benzene rings is 1. The fraction of sp³-hybridized carbons (Fsp3) is 0.267. The predicted molar refractivity (Wildman–Crippen MR) is 74.6 cm³/mol. The molecule has 1 aromatic carbocycles. The number of nitrogens with zero attached hydrogens (tertiary/aromatic N) is 1. The molecule has 1 heterocycles. The largest absolute Gasteiger partial charge is 0.351 e. The Bertz CT molecular complexity index is 706. The first-order valence-corrected chi connectivity index (χ1v) is 6.79. The number of hydrogen-bond acceptors (Lipinski definition) is 4. The Hall–Kier alpha value is -2.63. The molecule has 0 bridgehead atoms. The van der Waals surface area contributed by atoms with E-state index in [0.717, 1.165) is 19.3 Å². The molecule has 21 heavy (non-hydrogen) atoms. The highest BCUT2D eigenvalue weighted by Gasteiger charge is 2.16. The van der Waals surface area contributed by atoms with Gasteiger partial charge in [-0.3, -0.25) is 20.4 Å². The molecule has 6 nitrogen and oxygen atoms in total. The van der Waals surface area contributed by atoms with Crippen LogP contribution in [-0.2, 0) is 12.8 Å². The van der Waals surface area contributed by atoms with Gasteiger partial charge in [-0.15, -0.1) is 0 Å². The molecule has 2 aromatic rings. The second-order valence-corrected chi connectivity index (χ2v) is 5.08. The van der Waals surface area contributed by atoms with Gasteiger partial charge in [0.2, 0.25) is 5.76 Å². The Balaban J connectivity index is 1.63. The van der Waals surface area contributed by atoms with Gasteiger partial charge >= 0.3 is 5.91 Å². The molecule has 0 saturated heterocycles. The summed E-state index contributed by atoms with van der Waals surface area (Å²) in [6.07, 6.45) is 3.20. The molecule has 0 aliphatic heterocycles. The maximum atomic E-state index is 12.0. The molecular formula is C15H15N3O3. The van der Waals surface area contributed by atoms with Crippen molar-refractivity contribution in [2.24, 2.45) is 0 Å². The normalized spacial score (nSPS) is 12.8. The molecule has 0 spiro atoms. The molecule has 1 aliphatic rings. The Kier molecular flexibility index (Phi) is 3.43. The van der Waals surface area contributed by atoms with Crippen LogP contribution in [0.15, 0.2) is 28.8 Å². The summed E-state index contributed by atoms with van der Waals surface area (Å²) in [5, 5.41) is 3.61. The summed E-state index contributed by atoms with van der Waals surface area (Å²) in [6.45, 7) is 1.71. The number of amides is 2. The predicted octanol–water partition coefficient (Wildman–Crippen LogP) is 1.55. The molecule has 1 aromatic heterocycles. The zero-order valence-electron chi connectivity index (χ0n) is 11.6. The first-order valence-electron chi connectivity index (χ1n) is 6.79. The number of nitrogens with one attached hydrogen (secondary N) is 2. The summed E-state index contributed by atoms with van der Waals surface area (Å²) in [4.78, 5) is 23.7. The van der Waals surface area contributed by atoms with E-state index in [1.807, 2.05) is 12.1 Å². The molecule has 2 amide bonds. The van der Waals surface area contributed by atoms with Crippen molar-refractivity contribution in [1.29, 1.82) is 0 Å². The monoisotopic (exact) mass is 285 g/mol. The van der Waals surface area contributed by atoms with Crippen molar-refractivity contribution in [3.63, 3.8) is 0 Å². The fourth-order valence-corrected chi connectivity index (χ4v) is 2.43. The first-order chi connectivity index (χ1) is 10.1. The van der Waals surface area contributed by atoms with Crippen LogP contribution in [0.2, 0.25) is 0 Å². The lowest BCUT2D eigenvalue weighted by molar-refractivity contribution is 0.0825. The smallest absolute Gasteiger partial charge is 0.308 e. The van der Waals surface area contributed by atoms with Crippen molar-refractivity contribution in [2.45, 2.75) is 26.2 Å². The third-order valence-corrected chi connectivity index (χ3v) is 3.50. The quantitative estimate of drug-likeness (QED) is 0.820. The SMILES string of the molecule is Cc1cc(C(=O)NNC(=O)c2ccc3c(c2)CCC3)on1. The maximum Gasteiger partial charge on any atom is 0.308 e. The zero-order valence-corrected chi connectivity index (χ0v) is 11.6. The minimum absolute atomic E-state index is 0.0572. The van der Waals surface area contributed by atoms with Crippen LogP contribution in [-0.4, -0.2) is 17.0 Å². The summed E-state index contributed by atoms with van der Waals surface area (Å²) in [5.74, 6) is -0.832. The van der Waals surface area contributed by atoms with Crippen molar-refractivity contribution in [3.05, 3.63) is 52.4 Å². The Morgan fingerprint density at radius 1 is 1.10 bits per heavy atom. The lowest BCUT2D eigenvalue weighted by Gasteiger charge is -2.07. The zero-order chi connectivity index (χ0) is 14.8. The van der Waals surface area contributed by atoms with Crippen molar-refractivity contribution < 1.29 is 14.1 Å². The van der Waals surface area contributed by atoms with Crippen molar-refractivity contribution >= 4 is 11.8 Å². The van der Waals surface area contributed by atoms with Crippen molar-refractivity contribution in [2.75, 3.05) is 0 Å². The van der Waals surface area contributed by atoms with Crippen LogP contribution >= 0.6 is 0 Å². The lowest BCUT2D eigenvalue weighted by atomic mass is 10.1. The Labute approximate surface area is 121 Å². The van der Waals surface area contributed by atoms with Crippen LogP contribution in [0.25, 0.3) is 0 Å².